The summed E-state index contributed by atoms with van der Waals surface area (Å²) in [6, 6.07) is 17.2. The van der Waals surface area contributed by atoms with Gasteiger partial charge < -0.3 is 24.3 Å². The van der Waals surface area contributed by atoms with Gasteiger partial charge in [0.25, 0.3) is 0 Å². The quantitative estimate of drug-likeness (QED) is 0.450. The number of benzene rings is 1. The molecule has 0 radical (unpaired) electrons. The van der Waals surface area contributed by atoms with E-state index in [1.165, 1.54) is 0 Å². The largest absolute Gasteiger partial charge is 0.497 e. The molecule has 0 amide bonds. The average molecular weight is 437 g/mol. The van der Waals surface area contributed by atoms with Crippen molar-refractivity contribution in [2.24, 2.45) is 0 Å². The number of pyridine rings is 1. The number of aromatic nitrogens is 2. The van der Waals surface area contributed by atoms with Crippen LogP contribution in [0.2, 0.25) is 0 Å². The summed E-state index contributed by atoms with van der Waals surface area (Å²) < 4.78 is 12.6. The number of carbonyl (C=O) groups is 1. The van der Waals surface area contributed by atoms with Crippen molar-refractivity contribution in [1.29, 1.82) is 0 Å². The van der Waals surface area contributed by atoms with Gasteiger partial charge in [0.1, 0.15) is 12.3 Å². The second kappa shape index (κ2) is 9.18. The molecule has 0 saturated carbocycles. The van der Waals surface area contributed by atoms with E-state index in [9.17, 15) is 4.79 Å². The number of hydrogen-bond acceptors (Lipinski definition) is 5. The molecular formula is C23H24N4O3S. The Labute approximate surface area is 186 Å². The molecule has 31 heavy (non-hydrogen) atoms. The Bertz CT molecular complexity index is 1050. The number of methoxy groups -OCH3 is 1. The molecule has 1 aliphatic rings. The predicted molar refractivity (Wildman–Crippen MR) is 121 cm³/mol. The third-order valence-electron chi connectivity index (χ3n) is 5.24. The van der Waals surface area contributed by atoms with Crippen molar-refractivity contribution in [2.45, 2.75) is 19.0 Å². The number of carbonyl (C=O) groups excluding carboxylic acids is 1. The average Bonchev–Trinajstić information content (AvgIpc) is 3.39. The van der Waals surface area contributed by atoms with Crippen LogP contribution in [0.15, 0.2) is 67.0 Å². The van der Waals surface area contributed by atoms with Crippen LogP contribution >= 0.6 is 12.2 Å². The zero-order valence-electron chi connectivity index (χ0n) is 17.4. The first-order valence-electron chi connectivity index (χ1n) is 10.1. The maximum atomic E-state index is 12.3. The van der Waals surface area contributed by atoms with E-state index >= 15 is 0 Å². The fourth-order valence-corrected chi connectivity index (χ4v) is 4.16. The number of esters is 1. The number of nitrogens with zero attached hydrogens (tertiary/aromatic N) is 3. The number of ether oxygens (including phenoxy) is 2. The molecule has 1 N–H and O–H groups in total. The molecule has 2 atom stereocenters. The highest BCUT2D eigenvalue weighted by Crippen LogP contribution is 2.39. The lowest BCUT2D eigenvalue weighted by atomic mass is 10.0. The molecule has 160 valence electrons. The summed E-state index contributed by atoms with van der Waals surface area (Å²) >= 11 is 5.62. The monoisotopic (exact) mass is 436 g/mol. The van der Waals surface area contributed by atoms with Crippen molar-refractivity contribution in [2.75, 3.05) is 20.3 Å². The summed E-state index contributed by atoms with van der Waals surface area (Å²) in [6.07, 6.45) is 3.75. The molecule has 2 aromatic heterocycles. The summed E-state index contributed by atoms with van der Waals surface area (Å²) in [5, 5.41) is 3.85. The van der Waals surface area contributed by atoms with Gasteiger partial charge in [0, 0.05) is 23.8 Å². The zero-order valence-corrected chi connectivity index (χ0v) is 18.2. The first-order valence-corrected chi connectivity index (χ1v) is 10.5. The van der Waals surface area contributed by atoms with E-state index in [4.69, 9.17) is 21.7 Å². The van der Waals surface area contributed by atoms with Gasteiger partial charge in [0.05, 0.1) is 31.5 Å². The summed E-state index contributed by atoms with van der Waals surface area (Å²) in [4.78, 5) is 18.8. The number of hydrogen-bond donors (Lipinski definition) is 1. The maximum absolute atomic E-state index is 12.3. The topological polar surface area (TPSA) is 68.6 Å². The second-order valence-corrected chi connectivity index (χ2v) is 7.45. The zero-order chi connectivity index (χ0) is 21.8. The Balaban J connectivity index is 1.76. The summed E-state index contributed by atoms with van der Waals surface area (Å²) in [6.45, 7) is 2.17. The van der Waals surface area contributed by atoms with Gasteiger partial charge in [-0.15, -0.1) is 0 Å². The molecular weight excluding hydrogens is 412 g/mol. The molecule has 0 spiro atoms. The van der Waals surface area contributed by atoms with Crippen molar-refractivity contribution in [1.82, 2.24) is 19.8 Å². The van der Waals surface area contributed by atoms with E-state index in [0.717, 1.165) is 22.8 Å². The highest BCUT2D eigenvalue weighted by Gasteiger charge is 2.42. The van der Waals surface area contributed by atoms with Crippen LogP contribution in [-0.2, 0) is 9.53 Å². The molecule has 3 heterocycles. The SMILES string of the molecule is CCOC(=O)CN1C(=S)N[C@H](c2ccccn2)[C@@H]1c1cccn1-c1ccc(OC)cc1. The lowest BCUT2D eigenvalue weighted by Gasteiger charge is -2.28. The molecule has 1 aliphatic heterocycles. The van der Waals surface area contributed by atoms with E-state index in [-0.39, 0.29) is 24.6 Å². The molecule has 1 fully saturated rings. The van der Waals surface area contributed by atoms with E-state index in [1.807, 2.05) is 65.7 Å². The Kier molecular flexibility index (Phi) is 6.18. The van der Waals surface area contributed by atoms with Crippen molar-refractivity contribution in [3.8, 4) is 11.4 Å². The van der Waals surface area contributed by atoms with E-state index in [2.05, 4.69) is 14.9 Å². The maximum Gasteiger partial charge on any atom is 0.325 e. The van der Waals surface area contributed by atoms with Crippen molar-refractivity contribution < 1.29 is 14.3 Å². The minimum atomic E-state index is -0.319. The Morgan fingerprint density at radius 1 is 1.16 bits per heavy atom. The van der Waals surface area contributed by atoms with E-state index < -0.39 is 0 Å². The van der Waals surface area contributed by atoms with Crippen LogP contribution in [-0.4, -0.2) is 45.8 Å². The molecule has 7 nitrogen and oxygen atoms in total. The number of thiocarbonyl (C=S) groups is 1. The third kappa shape index (κ3) is 4.25. The van der Waals surface area contributed by atoms with Gasteiger partial charge in [-0.05, 0) is 67.7 Å². The van der Waals surface area contributed by atoms with Gasteiger partial charge in [-0.25, -0.2) is 0 Å². The van der Waals surface area contributed by atoms with Crippen LogP contribution in [0.3, 0.4) is 0 Å². The molecule has 0 bridgehead atoms. The predicted octanol–water partition coefficient (Wildman–Crippen LogP) is 3.42. The van der Waals surface area contributed by atoms with Crippen LogP contribution in [0.25, 0.3) is 5.69 Å². The fourth-order valence-electron chi connectivity index (χ4n) is 3.86. The lowest BCUT2D eigenvalue weighted by molar-refractivity contribution is -0.143. The minimum Gasteiger partial charge on any atom is -0.497 e. The normalized spacial score (nSPS) is 18.0. The minimum absolute atomic E-state index is 0.0570. The van der Waals surface area contributed by atoms with Crippen LogP contribution in [0.1, 0.15) is 30.4 Å². The molecule has 4 rings (SSSR count). The Hall–Kier alpha value is -3.39. The summed E-state index contributed by atoms with van der Waals surface area (Å²) in [7, 11) is 1.64. The lowest BCUT2D eigenvalue weighted by Crippen LogP contribution is -2.36. The van der Waals surface area contributed by atoms with Crippen LogP contribution < -0.4 is 10.1 Å². The summed E-state index contributed by atoms with van der Waals surface area (Å²) in [5.41, 5.74) is 2.82. The second-order valence-electron chi connectivity index (χ2n) is 7.06. The molecule has 8 heteroatoms. The van der Waals surface area contributed by atoms with Gasteiger partial charge in [-0.2, -0.15) is 0 Å². The van der Waals surface area contributed by atoms with Gasteiger partial charge >= 0.3 is 5.97 Å². The van der Waals surface area contributed by atoms with Crippen LogP contribution in [0.5, 0.6) is 5.75 Å². The Morgan fingerprint density at radius 2 is 1.97 bits per heavy atom. The van der Waals surface area contributed by atoms with Gasteiger partial charge in [0.15, 0.2) is 5.11 Å². The highest BCUT2D eigenvalue weighted by atomic mass is 32.1. The van der Waals surface area contributed by atoms with Gasteiger partial charge in [-0.3, -0.25) is 9.78 Å². The van der Waals surface area contributed by atoms with Crippen molar-refractivity contribution in [3.05, 3.63) is 78.4 Å². The highest BCUT2D eigenvalue weighted by molar-refractivity contribution is 7.80. The Morgan fingerprint density at radius 3 is 2.65 bits per heavy atom. The molecule has 3 aromatic rings. The van der Waals surface area contributed by atoms with Crippen molar-refractivity contribution in [3.63, 3.8) is 0 Å². The van der Waals surface area contributed by atoms with Crippen molar-refractivity contribution >= 4 is 23.3 Å². The third-order valence-corrected chi connectivity index (χ3v) is 5.59. The number of nitrogens with one attached hydrogen (secondary N) is 1. The fraction of sp³-hybridized carbons (Fsp3) is 0.261. The van der Waals surface area contributed by atoms with Crippen LogP contribution in [0, 0.1) is 0 Å². The molecule has 1 saturated heterocycles. The van der Waals surface area contributed by atoms with E-state index in [1.54, 1.807) is 20.2 Å². The smallest absolute Gasteiger partial charge is 0.325 e. The molecule has 0 unspecified atom stereocenters. The first kappa shape index (κ1) is 20.9. The summed E-state index contributed by atoms with van der Waals surface area (Å²) in [5.74, 6) is 0.470. The molecule has 1 aromatic carbocycles. The van der Waals surface area contributed by atoms with E-state index in [0.29, 0.717) is 11.7 Å². The van der Waals surface area contributed by atoms with Gasteiger partial charge in [-0.1, -0.05) is 6.07 Å². The first-order chi connectivity index (χ1) is 15.1. The van der Waals surface area contributed by atoms with Gasteiger partial charge in [0.2, 0.25) is 0 Å². The molecule has 0 aliphatic carbocycles. The number of rotatable bonds is 7. The van der Waals surface area contributed by atoms with Crippen LogP contribution in [0.4, 0.5) is 0 Å². The standard InChI is InChI=1S/C23H24N4O3S/c1-3-30-20(28)15-27-22(21(25-23(27)31)18-7-4-5-13-24-18)19-8-6-14-26(19)16-9-11-17(29-2)12-10-16/h4-14,21-22H,3,15H2,1-2H3,(H,25,31)/t21-,22+/m1/s1.